The highest BCUT2D eigenvalue weighted by molar-refractivity contribution is 5.95. The van der Waals surface area contributed by atoms with Crippen molar-refractivity contribution >= 4 is 5.91 Å². The van der Waals surface area contributed by atoms with Crippen molar-refractivity contribution in [3.8, 4) is 11.8 Å². The minimum Gasteiger partial charge on any atom is -0.345 e. The minimum atomic E-state index is -0.299. The predicted molar refractivity (Wildman–Crippen MR) is 95.3 cm³/mol. The summed E-state index contributed by atoms with van der Waals surface area (Å²) in [5.41, 5.74) is 3.51. The second kappa shape index (κ2) is 7.45. The Balaban J connectivity index is 1.87. The van der Waals surface area contributed by atoms with Gasteiger partial charge in [-0.3, -0.25) is 9.78 Å². The van der Waals surface area contributed by atoms with Crippen LogP contribution in [0, 0.1) is 11.3 Å². The summed E-state index contributed by atoms with van der Waals surface area (Å²) in [6.45, 7) is 2.40. The molecule has 1 aromatic carbocycles. The van der Waals surface area contributed by atoms with E-state index in [2.05, 4.69) is 23.3 Å². The van der Waals surface area contributed by atoms with Crippen LogP contribution in [0.3, 0.4) is 0 Å². The highest BCUT2D eigenvalue weighted by Gasteiger charge is 2.18. The molecule has 0 fully saturated rings. The van der Waals surface area contributed by atoms with Crippen LogP contribution in [0.4, 0.5) is 0 Å². The van der Waals surface area contributed by atoms with Crippen molar-refractivity contribution in [3.63, 3.8) is 0 Å². The van der Waals surface area contributed by atoms with Crippen molar-refractivity contribution in [3.05, 3.63) is 83.4 Å². The smallest absolute Gasteiger partial charge is 0.269 e. The number of nitriles is 1. The third-order valence-corrected chi connectivity index (χ3v) is 4.00. The predicted octanol–water partition coefficient (Wildman–Crippen LogP) is 3.24. The molecule has 3 rings (SSSR count). The van der Waals surface area contributed by atoms with Crippen molar-refractivity contribution in [1.29, 1.82) is 5.26 Å². The molecule has 0 unspecified atom stereocenters. The monoisotopic (exact) mass is 330 g/mol. The first-order valence-electron chi connectivity index (χ1n) is 8.11. The summed E-state index contributed by atoms with van der Waals surface area (Å²) in [6.07, 6.45) is 4.38. The van der Waals surface area contributed by atoms with Gasteiger partial charge in [-0.2, -0.15) is 5.26 Å². The molecule has 5 heteroatoms. The van der Waals surface area contributed by atoms with Gasteiger partial charge in [0.05, 0.1) is 17.8 Å². The van der Waals surface area contributed by atoms with Gasteiger partial charge in [-0.1, -0.05) is 25.1 Å². The molecule has 2 aromatic heterocycles. The third kappa shape index (κ3) is 3.59. The standard InChI is InChI=1S/C20H18N4O/c1-2-15-6-8-18(9-7-15)24-12-10-16(13-21)19(24)20(25)23-14-17-5-3-4-11-22-17/h3-12H,2,14H2,1H3,(H,23,25). The maximum absolute atomic E-state index is 12.7. The number of nitrogens with one attached hydrogen (secondary N) is 1. The van der Waals surface area contributed by atoms with E-state index in [1.807, 2.05) is 42.5 Å². The van der Waals surface area contributed by atoms with Crippen molar-refractivity contribution in [2.24, 2.45) is 0 Å². The average molecular weight is 330 g/mol. The lowest BCUT2D eigenvalue weighted by molar-refractivity contribution is 0.0943. The van der Waals surface area contributed by atoms with Crippen LogP contribution in [0.15, 0.2) is 60.9 Å². The van der Waals surface area contributed by atoms with Crippen LogP contribution in [0.2, 0.25) is 0 Å². The summed E-state index contributed by atoms with van der Waals surface area (Å²) >= 11 is 0. The molecule has 1 N–H and O–H groups in total. The first-order valence-corrected chi connectivity index (χ1v) is 8.11. The molecule has 3 aromatic rings. The lowest BCUT2D eigenvalue weighted by Gasteiger charge is -2.11. The van der Waals surface area contributed by atoms with Crippen LogP contribution in [0.25, 0.3) is 5.69 Å². The zero-order valence-electron chi connectivity index (χ0n) is 13.9. The Labute approximate surface area is 146 Å². The van der Waals surface area contributed by atoms with Crippen LogP contribution in [-0.4, -0.2) is 15.5 Å². The number of aryl methyl sites for hydroxylation is 1. The van der Waals surface area contributed by atoms with Gasteiger partial charge in [0, 0.05) is 18.1 Å². The summed E-state index contributed by atoms with van der Waals surface area (Å²) in [5.74, 6) is -0.299. The molecular weight excluding hydrogens is 312 g/mol. The summed E-state index contributed by atoms with van der Waals surface area (Å²) < 4.78 is 1.74. The molecule has 25 heavy (non-hydrogen) atoms. The molecule has 0 bridgehead atoms. The van der Waals surface area contributed by atoms with Gasteiger partial charge in [0.2, 0.25) is 0 Å². The first kappa shape index (κ1) is 16.5. The van der Waals surface area contributed by atoms with E-state index in [0.29, 0.717) is 17.8 Å². The van der Waals surface area contributed by atoms with Gasteiger partial charge in [-0.05, 0) is 42.3 Å². The molecule has 0 saturated carbocycles. The van der Waals surface area contributed by atoms with Crippen molar-refractivity contribution in [2.45, 2.75) is 19.9 Å². The molecule has 1 amide bonds. The Morgan fingerprint density at radius 1 is 1.20 bits per heavy atom. The van der Waals surface area contributed by atoms with Crippen molar-refractivity contribution in [1.82, 2.24) is 14.9 Å². The van der Waals surface area contributed by atoms with Gasteiger partial charge >= 0.3 is 0 Å². The van der Waals surface area contributed by atoms with Crippen LogP contribution < -0.4 is 5.32 Å². The van der Waals surface area contributed by atoms with E-state index in [9.17, 15) is 10.1 Å². The molecule has 0 aliphatic rings. The maximum Gasteiger partial charge on any atom is 0.269 e. The number of hydrogen-bond donors (Lipinski definition) is 1. The molecule has 0 aliphatic carbocycles. The summed E-state index contributed by atoms with van der Waals surface area (Å²) in [4.78, 5) is 16.9. The molecule has 124 valence electrons. The zero-order valence-corrected chi connectivity index (χ0v) is 13.9. The van der Waals surface area contributed by atoms with Gasteiger partial charge in [0.25, 0.3) is 5.91 Å². The number of aromatic nitrogens is 2. The van der Waals surface area contributed by atoms with E-state index in [-0.39, 0.29) is 5.91 Å². The fourth-order valence-electron chi connectivity index (χ4n) is 2.62. The third-order valence-electron chi connectivity index (χ3n) is 4.00. The van der Waals surface area contributed by atoms with Gasteiger partial charge in [0.1, 0.15) is 11.8 Å². The van der Waals surface area contributed by atoms with Crippen LogP contribution in [0.5, 0.6) is 0 Å². The number of nitrogens with zero attached hydrogens (tertiary/aromatic N) is 3. The Bertz CT molecular complexity index is 905. The van der Waals surface area contributed by atoms with E-state index in [1.54, 1.807) is 23.0 Å². The maximum atomic E-state index is 12.7. The average Bonchev–Trinajstić information content (AvgIpc) is 3.11. The number of rotatable bonds is 5. The molecule has 0 radical (unpaired) electrons. The molecule has 2 heterocycles. The second-order valence-electron chi connectivity index (χ2n) is 5.58. The number of carbonyl (C=O) groups excluding carboxylic acids is 1. The van der Waals surface area contributed by atoms with Crippen molar-refractivity contribution in [2.75, 3.05) is 0 Å². The number of pyridine rings is 1. The second-order valence-corrected chi connectivity index (χ2v) is 5.58. The number of benzene rings is 1. The molecule has 0 spiro atoms. The summed E-state index contributed by atoms with van der Waals surface area (Å²) in [7, 11) is 0. The van der Waals surface area contributed by atoms with Crippen LogP contribution in [-0.2, 0) is 13.0 Å². The highest BCUT2D eigenvalue weighted by Crippen LogP contribution is 2.18. The van der Waals surface area contributed by atoms with E-state index in [4.69, 9.17) is 0 Å². The lowest BCUT2D eigenvalue weighted by Crippen LogP contribution is -2.26. The van der Waals surface area contributed by atoms with Gasteiger partial charge in [-0.15, -0.1) is 0 Å². The number of hydrogen-bond acceptors (Lipinski definition) is 3. The number of carbonyl (C=O) groups is 1. The molecule has 0 atom stereocenters. The lowest BCUT2D eigenvalue weighted by atomic mass is 10.1. The Morgan fingerprint density at radius 2 is 2.00 bits per heavy atom. The Kier molecular flexibility index (Phi) is 4.91. The van der Waals surface area contributed by atoms with E-state index in [1.165, 1.54) is 5.56 Å². The molecule has 5 nitrogen and oxygen atoms in total. The largest absolute Gasteiger partial charge is 0.345 e. The van der Waals surface area contributed by atoms with Gasteiger partial charge in [-0.25, -0.2) is 0 Å². The number of amides is 1. The van der Waals surface area contributed by atoms with Crippen molar-refractivity contribution < 1.29 is 4.79 Å². The Morgan fingerprint density at radius 3 is 2.64 bits per heavy atom. The molecular formula is C20H18N4O. The fourth-order valence-corrected chi connectivity index (χ4v) is 2.62. The topological polar surface area (TPSA) is 70.7 Å². The highest BCUT2D eigenvalue weighted by atomic mass is 16.1. The summed E-state index contributed by atoms with van der Waals surface area (Å²) in [6, 6.07) is 17.2. The van der Waals surface area contributed by atoms with E-state index >= 15 is 0 Å². The Hall–Kier alpha value is -3.39. The van der Waals surface area contributed by atoms with E-state index in [0.717, 1.165) is 17.8 Å². The van der Waals surface area contributed by atoms with Gasteiger partial charge < -0.3 is 9.88 Å². The SMILES string of the molecule is CCc1ccc(-n2ccc(C#N)c2C(=O)NCc2ccccn2)cc1. The van der Waals surface area contributed by atoms with E-state index < -0.39 is 0 Å². The minimum absolute atomic E-state index is 0.299. The summed E-state index contributed by atoms with van der Waals surface area (Å²) in [5, 5.41) is 12.2. The van der Waals surface area contributed by atoms with Crippen LogP contribution in [0.1, 0.15) is 34.2 Å². The van der Waals surface area contributed by atoms with Gasteiger partial charge in [0.15, 0.2) is 0 Å². The quantitative estimate of drug-likeness (QED) is 0.781. The fraction of sp³-hybridized carbons (Fsp3) is 0.150. The molecule has 0 saturated heterocycles. The normalized spacial score (nSPS) is 10.2. The first-order chi connectivity index (χ1) is 12.2. The van der Waals surface area contributed by atoms with Crippen LogP contribution >= 0.6 is 0 Å². The zero-order chi connectivity index (χ0) is 17.6. The molecule has 0 aliphatic heterocycles.